The van der Waals surface area contributed by atoms with Crippen molar-refractivity contribution in [3.63, 3.8) is 0 Å². The lowest BCUT2D eigenvalue weighted by molar-refractivity contribution is 0.866. The Balaban J connectivity index is 2.05. The van der Waals surface area contributed by atoms with Crippen molar-refractivity contribution in [1.82, 2.24) is 15.2 Å². The molecular weight excluding hydrogens is 192 g/mol. The fourth-order valence-corrected chi connectivity index (χ4v) is 1.44. The van der Waals surface area contributed by atoms with Crippen LogP contribution in [0.3, 0.4) is 0 Å². The number of aryl methyl sites for hydroxylation is 2. The summed E-state index contributed by atoms with van der Waals surface area (Å²) in [7, 11) is 0. The maximum Gasteiger partial charge on any atom is 0.340 e. The van der Waals surface area contributed by atoms with Crippen molar-refractivity contribution in [3.05, 3.63) is 46.1 Å². The average Bonchev–Trinajstić information content (AvgIpc) is 2.63. The van der Waals surface area contributed by atoms with Crippen LogP contribution in [0.15, 0.2) is 29.1 Å². The predicted molar refractivity (Wildman–Crippen MR) is 57.5 cm³/mol. The van der Waals surface area contributed by atoms with Crippen LogP contribution in [0.4, 0.5) is 5.69 Å². The van der Waals surface area contributed by atoms with Crippen molar-refractivity contribution in [3.8, 4) is 0 Å². The van der Waals surface area contributed by atoms with E-state index >= 15 is 0 Å². The molecule has 2 aromatic rings. The lowest BCUT2D eigenvalue weighted by Gasteiger charge is -2.02. The van der Waals surface area contributed by atoms with Crippen LogP contribution in [0, 0.1) is 0 Å². The second kappa shape index (κ2) is 4.00. The second-order valence-electron chi connectivity index (χ2n) is 3.32. The quantitative estimate of drug-likeness (QED) is 0.635. The summed E-state index contributed by atoms with van der Waals surface area (Å²) in [6.07, 6.45) is 1.44. The van der Waals surface area contributed by atoms with E-state index in [1.54, 1.807) is 0 Å². The molecule has 5 nitrogen and oxygen atoms in total. The predicted octanol–water partition coefficient (Wildman–Crippen LogP) is 0.465. The molecule has 0 radical (unpaired) electrons. The summed E-state index contributed by atoms with van der Waals surface area (Å²) in [6, 6.07) is 7.68. The van der Waals surface area contributed by atoms with E-state index in [0.29, 0.717) is 12.2 Å². The summed E-state index contributed by atoms with van der Waals surface area (Å²) in [5.74, 6) is 0.656. The van der Waals surface area contributed by atoms with Crippen LogP contribution in [0.2, 0.25) is 0 Å². The molecule has 0 unspecified atom stereocenters. The van der Waals surface area contributed by atoms with Gasteiger partial charge in [-0.15, -0.1) is 0 Å². The van der Waals surface area contributed by atoms with Crippen molar-refractivity contribution in [2.24, 2.45) is 0 Å². The molecule has 0 aliphatic carbocycles. The SMILES string of the molecule is Nc1ccccc1CCc1n[nH]c(=O)[nH]1. The molecular formula is C10H12N4O. The Kier molecular flexibility index (Phi) is 2.53. The largest absolute Gasteiger partial charge is 0.399 e. The summed E-state index contributed by atoms with van der Waals surface area (Å²) >= 11 is 0. The Labute approximate surface area is 86.3 Å². The van der Waals surface area contributed by atoms with Crippen LogP contribution in [0.25, 0.3) is 0 Å². The first kappa shape index (κ1) is 9.51. The minimum absolute atomic E-state index is 0.272. The van der Waals surface area contributed by atoms with E-state index in [4.69, 9.17) is 5.73 Å². The molecule has 0 atom stereocenters. The monoisotopic (exact) mass is 204 g/mol. The highest BCUT2D eigenvalue weighted by molar-refractivity contribution is 5.46. The molecule has 0 spiro atoms. The number of para-hydroxylation sites is 1. The topological polar surface area (TPSA) is 87.6 Å². The number of nitrogen functional groups attached to an aromatic ring is 1. The van der Waals surface area contributed by atoms with Crippen LogP contribution in [-0.2, 0) is 12.8 Å². The fraction of sp³-hybridized carbons (Fsp3) is 0.200. The Morgan fingerprint density at radius 1 is 1.27 bits per heavy atom. The molecule has 0 bridgehead atoms. The van der Waals surface area contributed by atoms with Gasteiger partial charge in [-0.3, -0.25) is 4.98 Å². The number of aromatic amines is 2. The molecule has 1 aromatic heterocycles. The van der Waals surface area contributed by atoms with Crippen molar-refractivity contribution >= 4 is 5.69 Å². The standard InChI is InChI=1S/C10H12N4O/c11-8-4-2-1-3-7(8)5-6-9-12-10(15)14-13-9/h1-4H,5-6,11H2,(H2,12,13,14,15). The molecule has 1 aromatic carbocycles. The smallest absolute Gasteiger partial charge is 0.340 e. The van der Waals surface area contributed by atoms with Gasteiger partial charge in [0.15, 0.2) is 0 Å². The summed E-state index contributed by atoms with van der Waals surface area (Å²) in [5.41, 5.74) is 7.36. The number of nitrogens with one attached hydrogen (secondary N) is 2. The number of anilines is 1. The van der Waals surface area contributed by atoms with Crippen molar-refractivity contribution < 1.29 is 0 Å². The van der Waals surface area contributed by atoms with Crippen molar-refractivity contribution in [2.45, 2.75) is 12.8 Å². The Hall–Kier alpha value is -2.04. The van der Waals surface area contributed by atoms with Gasteiger partial charge < -0.3 is 5.73 Å². The molecule has 0 aliphatic rings. The van der Waals surface area contributed by atoms with Crippen LogP contribution in [-0.4, -0.2) is 15.2 Å². The molecule has 2 rings (SSSR count). The highest BCUT2D eigenvalue weighted by Crippen LogP contribution is 2.12. The Morgan fingerprint density at radius 3 is 2.73 bits per heavy atom. The second-order valence-corrected chi connectivity index (χ2v) is 3.32. The molecule has 0 aliphatic heterocycles. The fourth-order valence-electron chi connectivity index (χ4n) is 1.44. The Bertz CT molecular complexity index is 500. The summed E-state index contributed by atoms with van der Waals surface area (Å²) in [4.78, 5) is 13.4. The number of hydrogen-bond donors (Lipinski definition) is 3. The number of benzene rings is 1. The minimum Gasteiger partial charge on any atom is -0.399 e. The molecule has 0 saturated heterocycles. The van der Waals surface area contributed by atoms with Gasteiger partial charge in [0.05, 0.1) is 0 Å². The number of aromatic nitrogens is 3. The third-order valence-electron chi connectivity index (χ3n) is 2.24. The molecule has 15 heavy (non-hydrogen) atoms. The highest BCUT2D eigenvalue weighted by Gasteiger charge is 2.01. The van der Waals surface area contributed by atoms with Crippen molar-refractivity contribution in [1.29, 1.82) is 0 Å². The average molecular weight is 204 g/mol. The number of H-pyrrole nitrogens is 2. The third-order valence-corrected chi connectivity index (χ3v) is 2.24. The zero-order chi connectivity index (χ0) is 10.7. The highest BCUT2D eigenvalue weighted by atomic mass is 16.1. The zero-order valence-electron chi connectivity index (χ0n) is 8.16. The first-order valence-corrected chi connectivity index (χ1v) is 4.72. The Morgan fingerprint density at radius 2 is 2.07 bits per heavy atom. The minimum atomic E-state index is -0.272. The van der Waals surface area contributed by atoms with Gasteiger partial charge in [-0.1, -0.05) is 18.2 Å². The first-order valence-electron chi connectivity index (χ1n) is 4.72. The van der Waals surface area contributed by atoms with E-state index in [1.807, 2.05) is 24.3 Å². The van der Waals surface area contributed by atoms with Crippen LogP contribution in [0.1, 0.15) is 11.4 Å². The van der Waals surface area contributed by atoms with Gasteiger partial charge in [0.2, 0.25) is 0 Å². The van der Waals surface area contributed by atoms with Crippen LogP contribution >= 0.6 is 0 Å². The molecule has 0 amide bonds. The van der Waals surface area contributed by atoms with E-state index in [2.05, 4.69) is 15.2 Å². The maximum atomic E-state index is 10.8. The summed E-state index contributed by atoms with van der Waals surface area (Å²) in [6.45, 7) is 0. The van der Waals surface area contributed by atoms with E-state index in [1.165, 1.54) is 0 Å². The van der Waals surface area contributed by atoms with E-state index in [-0.39, 0.29) is 5.69 Å². The van der Waals surface area contributed by atoms with Gasteiger partial charge in [-0.25, -0.2) is 9.89 Å². The van der Waals surface area contributed by atoms with Gasteiger partial charge >= 0.3 is 5.69 Å². The van der Waals surface area contributed by atoms with Crippen molar-refractivity contribution in [2.75, 3.05) is 5.73 Å². The third kappa shape index (κ3) is 2.25. The molecule has 1 heterocycles. The van der Waals surface area contributed by atoms with Crippen LogP contribution in [0.5, 0.6) is 0 Å². The summed E-state index contributed by atoms with van der Waals surface area (Å²) in [5, 5.41) is 6.15. The van der Waals surface area contributed by atoms with Gasteiger partial charge in [0.1, 0.15) is 5.82 Å². The lowest BCUT2D eigenvalue weighted by Crippen LogP contribution is -2.02. The lowest BCUT2D eigenvalue weighted by atomic mass is 10.1. The molecule has 0 fully saturated rings. The number of hydrogen-bond acceptors (Lipinski definition) is 3. The first-order chi connectivity index (χ1) is 7.25. The number of nitrogens with two attached hydrogens (primary N) is 1. The van der Waals surface area contributed by atoms with E-state index < -0.39 is 0 Å². The van der Waals surface area contributed by atoms with E-state index in [0.717, 1.165) is 17.7 Å². The molecule has 4 N–H and O–H groups in total. The zero-order valence-corrected chi connectivity index (χ0v) is 8.16. The van der Waals surface area contributed by atoms with Gasteiger partial charge in [0, 0.05) is 12.1 Å². The number of nitrogens with zero attached hydrogens (tertiary/aromatic N) is 1. The molecule has 0 saturated carbocycles. The molecule has 5 heteroatoms. The molecule has 78 valence electrons. The van der Waals surface area contributed by atoms with Gasteiger partial charge in [0.25, 0.3) is 0 Å². The maximum absolute atomic E-state index is 10.8. The normalized spacial score (nSPS) is 10.4. The number of rotatable bonds is 3. The summed E-state index contributed by atoms with van der Waals surface area (Å²) < 4.78 is 0. The van der Waals surface area contributed by atoms with E-state index in [9.17, 15) is 4.79 Å². The van der Waals surface area contributed by atoms with Gasteiger partial charge in [-0.05, 0) is 18.1 Å². The van der Waals surface area contributed by atoms with Gasteiger partial charge in [-0.2, -0.15) is 5.10 Å². The van der Waals surface area contributed by atoms with Crippen LogP contribution < -0.4 is 11.4 Å².